The van der Waals surface area contributed by atoms with Crippen LogP contribution in [0, 0.1) is 17.2 Å². The number of amides is 1. The number of fused-ring (bicyclic) bond motifs is 2. The van der Waals surface area contributed by atoms with Gasteiger partial charge in [0, 0.05) is 0 Å². The molecule has 3 rings (SSSR count). The Morgan fingerprint density at radius 1 is 1.36 bits per heavy atom. The van der Waals surface area contributed by atoms with Gasteiger partial charge in [0.25, 0.3) is 0 Å². The van der Waals surface area contributed by atoms with Gasteiger partial charge < -0.3 is 4.74 Å². The van der Waals surface area contributed by atoms with Crippen LogP contribution in [-0.2, 0) is 25.3 Å². The number of carbonyl (C=O) groups excluding carboxylic acids is 1. The average Bonchev–Trinajstić information content (AvgIpc) is 3.09. The first-order valence-electron chi connectivity index (χ1n) is 7.16. The van der Waals surface area contributed by atoms with Crippen molar-refractivity contribution < 1.29 is 17.9 Å². The maximum Gasteiger partial charge on any atom is 0.239 e. The predicted molar refractivity (Wildman–Crippen MR) is 77.9 cm³/mol. The lowest BCUT2D eigenvalue weighted by Crippen LogP contribution is -2.40. The molecular formula is C15H16N2O4S. The van der Waals surface area contributed by atoms with Crippen LogP contribution < -0.4 is 4.72 Å². The standard InChI is InChI=1S/C15H16N2O4S/c16-8-10-3-1-2-4-11(10)9-22(19,20)17-15(18)13-7-12-5-6-14(13)21-12/h1-4,12-14H,5-7,9H2,(H,17,18). The summed E-state index contributed by atoms with van der Waals surface area (Å²) in [4.78, 5) is 12.2. The smallest absolute Gasteiger partial charge is 0.239 e. The lowest BCUT2D eigenvalue weighted by atomic mass is 9.89. The number of benzene rings is 1. The van der Waals surface area contributed by atoms with Crippen LogP contribution in [0.2, 0.25) is 0 Å². The molecule has 0 radical (unpaired) electrons. The SMILES string of the molecule is N#Cc1ccccc1CS(=O)(=O)NC(=O)C1CC2CCC1O2. The molecule has 116 valence electrons. The third-order valence-corrected chi connectivity index (χ3v) is 5.39. The Morgan fingerprint density at radius 2 is 2.14 bits per heavy atom. The van der Waals surface area contributed by atoms with Crippen molar-refractivity contribution in [1.29, 1.82) is 5.26 Å². The molecule has 3 unspecified atom stereocenters. The maximum absolute atomic E-state index is 12.2. The van der Waals surface area contributed by atoms with E-state index in [0.29, 0.717) is 17.5 Å². The number of rotatable bonds is 4. The van der Waals surface area contributed by atoms with Crippen molar-refractivity contribution in [2.75, 3.05) is 0 Å². The molecule has 0 saturated carbocycles. The fraction of sp³-hybridized carbons (Fsp3) is 0.467. The van der Waals surface area contributed by atoms with Crippen LogP contribution >= 0.6 is 0 Å². The van der Waals surface area contributed by atoms with Crippen molar-refractivity contribution in [2.24, 2.45) is 5.92 Å². The van der Waals surface area contributed by atoms with Gasteiger partial charge in [-0.05, 0) is 30.9 Å². The van der Waals surface area contributed by atoms with Crippen LogP contribution in [0.3, 0.4) is 0 Å². The van der Waals surface area contributed by atoms with Gasteiger partial charge in [-0.1, -0.05) is 18.2 Å². The Bertz CT molecular complexity index is 738. The second kappa shape index (κ2) is 5.71. The van der Waals surface area contributed by atoms with Crippen molar-refractivity contribution in [1.82, 2.24) is 4.72 Å². The van der Waals surface area contributed by atoms with Gasteiger partial charge in [-0.3, -0.25) is 9.52 Å². The Labute approximate surface area is 129 Å². The summed E-state index contributed by atoms with van der Waals surface area (Å²) in [5.74, 6) is -1.27. The molecule has 0 spiro atoms. The van der Waals surface area contributed by atoms with E-state index in [4.69, 9.17) is 10.00 Å². The quantitative estimate of drug-likeness (QED) is 0.895. The van der Waals surface area contributed by atoms with Gasteiger partial charge in [0.05, 0.1) is 35.5 Å². The maximum atomic E-state index is 12.2. The normalized spacial score (nSPS) is 26.6. The van der Waals surface area contributed by atoms with Gasteiger partial charge >= 0.3 is 0 Å². The van der Waals surface area contributed by atoms with Crippen LogP contribution in [-0.4, -0.2) is 26.5 Å². The number of sulfonamides is 1. The number of ether oxygens (including phenoxy) is 1. The van der Waals surface area contributed by atoms with E-state index in [9.17, 15) is 13.2 Å². The molecule has 6 nitrogen and oxygen atoms in total. The molecule has 1 amide bonds. The number of nitrogens with one attached hydrogen (secondary N) is 1. The zero-order valence-corrected chi connectivity index (χ0v) is 12.7. The summed E-state index contributed by atoms with van der Waals surface area (Å²) in [6.07, 6.45) is 2.26. The van der Waals surface area contributed by atoms with E-state index in [1.165, 1.54) is 0 Å². The summed E-state index contributed by atoms with van der Waals surface area (Å²) in [7, 11) is -3.83. The number of nitriles is 1. The summed E-state index contributed by atoms with van der Waals surface area (Å²) < 4.78 is 32.0. The molecule has 2 bridgehead atoms. The monoisotopic (exact) mass is 320 g/mol. The molecule has 2 aliphatic heterocycles. The van der Waals surface area contributed by atoms with E-state index in [1.807, 2.05) is 6.07 Å². The van der Waals surface area contributed by atoms with Gasteiger partial charge in [-0.2, -0.15) is 5.26 Å². The van der Waals surface area contributed by atoms with Crippen LogP contribution in [0.1, 0.15) is 30.4 Å². The highest BCUT2D eigenvalue weighted by atomic mass is 32.2. The molecule has 2 fully saturated rings. The predicted octanol–water partition coefficient (Wildman–Crippen LogP) is 1.07. The van der Waals surface area contributed by atoms with E-state index in [0.717, 1.165) is 12.8 Å². The van der Waals surface area contributed by atoms with Crippen LogP contribution in [0.25, 0.3) is 0 Å². The van der Waals surface area contributed by atoms with Crippen molar-refractivity contribution in [3.8, 4) is 6.07 Å². The van der Waals surface area contributed by atoms with Crippen molar-refractivity contribution in [3.05, 3.63) is 35.4 Å². The van der Waals surface area contributed by atoms with E-state index >= 15 is 0 Å². The Morgan fingerprint density at radius 3 is 2.77 bits per heavy atom. The fourth-order valence-corrected chi connectivity index (χ4v) is 4.33. The first-order valence-corrected chi connectivity index (χ1v) is 8.81. The molecule has 2 aliphatic rings. The van der Waals surface area contributed by atoms with Crippen LogP contribution in [0.15, 0.2) is 24.3 Å². The Balaban J connectivity index is 1.69. The molecule has 22 heavy (non-hydrogen) atoms. The fourth-order valence-electron chi connectivity index (χ4n) is 3.14. The van der Waals surface area contributed by atoms with Crippen molar-refractivity contribution in [2.45, 2.75) is 37.2 Å². The largest absolute Gasteiger partial charge is 0.374 e. The highest BCUT2D eigenvalue weighted by Crippen LogP contribution is 2.38. The van der Waals surface area contributed by atoms with E-state index < -0.39 is 15.9 Å². The molecule has 3 atom stereocenters. The summed E-state index contributed by atoms with van der Waals surface area (Å²) >= 11 is 0. The van der Waals surface area contributed by atoms with E-state index in [2.05, 4.69) is 4.72 Å². The lowest BCUT2D eigenvalue weighted by Gasteiger charge is -2.18. The first kappa shape index (κ1) is 15.0. The van der Waals surface area contributed by atoms with Gasteiger partial charge in [-0.25, -0.2) is 8.42 Å². The molecule has 0 aromatic heterocycles. The number of hydrogen-bond acceptors (Lipinski definition) is 5. The lowest BCUT2D eigenvalue weighted by molar-refractivity contribution is -0.124. The summed E-state index contributed by atoms with van der Waals surface area (Å²) in [5, 5.41) is 8.99. The third-order valence-electron chi connectivity index (χ3n) is 4.18. The van der Waals surface area contributed by atoms with Crippen molar-refractivity contribution in [3.63, 3.8) is 0 Å². The first-order chi connectivity index (χ1) is 10.5. The number of nitrogens with zero attached hydrogens (tertiary/aromatic N) is 1. The molecule has 7 heteroatoms. The minimum Gasteiger partial charge on any atom is -0.374 e. The Hall–Kier alpha value is -1.91. The van der Waals surface area contributed by atoms with E-state index in [-0.39, 0.29) is 23.9 Å². The number of hydrogen-bond donors (Lipinski definition) is 1. The van der Waals surface area contributed by atoms with Gasteiger partial charge in [0.15, 0.2) is 0 Å². The molecule has 1 N–H and O–H groups in total. The second-order valence-electron chi connectivity index (χ2n) is 5.71. The molecular weight excluding hydrogens is 304 g/mol. The molecule has 2 saturated heterocycles. The van der Waals surface area contributed by atoms with Gasteiger partial charge in [0.1, 0.15) is 0 Å². The molecule has 1 aromatic carbocycles. The molecule has 0 aliphatic carbocycles. The summed E-state index contributed by atoms with van der Waals surface area (Å²) in [5.41, 5.74) is 0.679. The molecule has 1 aromatic rings. The minimum absolute atomic E-state index is 0.0859. The highest BCUT2D eigenvalue weighted by molar-refractivity contribution is 7.89. The molecule has 2 heterocycles. The Kier molecular flexibility index (Phi) is 3.89. The van der Waals surface area contributed by atoms with Gasteiger partial charge in [0.2, 0.25) is 15.9 Å². The minimum atomic E-state index is -3.83. The van der Waals surface area contributed by atoms with Crippen LogP contribution in [0.5, 0.6) is 0 Å². The third kappa shape index (κ3) is 2.98. The van der Waals surface area contributed by atoms with Gasteiger partial charge in [-0.15, -0.1) is 0 Å². The van der Waals surface area contributed by atoms with Crippen LogP contribution in [0.4, 0.5) is 0 Å². The topological polar surface area (TPSA) is 96.3 Å². The summed E-state index contributed by atoms with van der Waals surface area (Å²) in [6, 6.07) is 8.41. The zero-order chi connectivity index (χ0) is 15.7. The number of carbonyl (C=O) groups is 1. The highest BCUT2D eigenvalue weighted by Gasteiger charge is 2.45. The summed E-state index contributed by atoms with van der Waals surface area (Å²) in [6.45, 7) is 0. The average molecular weight is 320 g/mol. The van der Waals surface area contributed by atoms with E-state index in [1.54, 1.807) is 24.3 Å². The van der Waals surface area contributed by atoms with Crippen molar-refractivity contribution >= 4 is 15.9 Å². The zero-order valence-electron chi connectivity index (χ0n) is 11.9. The second-order valence-corrected chi connectivity index (χ2v) is 7.43.